The van der Waals surface area contributed by atoms with Gasteiger partial charge in [-0.1, -0.05) is 11.6 Å². The second kappa shape index (κ2) is 2.81. The van der Waals surface area contributed by atoms with Gasteiger partial charge in [0.1, 0.15) is 5.82 Å². The highest BCUT2D eigenvalue weighted by Gasteiger charge is 2.03. The third kappa shape index (κ3) is 1.27. The lowest BCUT2D eigenvalue weighted by atomic mass is 10.2. The summed E-state index contributed by atoms with van der Waals surface area (Å²) in [5.74, 6) is -0.392. The van der Waals surface area contributed by atoms with E-state index >= 15 is 0 Å². The molecule has 0 N–H and O–H groups in total. The molecule has 0 unspecified atom stereocenters. The molecule has 0 radical (unpaired) electrons. The Morgan fingerprint density at radius 3 is 2.60 bits per heavy atom. The topological polar surface area (TPSA) is 0 Å². The van der Waals surface area contributed by atoms with Gasteiger partial charge in [-0.25, -0.2) is 4.39 Å². The highest BCUT2D eigenvalue weighted by atomic mass is 35.5. The van der Waals surface area contributed by atoms with Crippen molar-refractivity contribution in [1.82, 2.24) is 0 Å². The molecule has 0 amide bonds. The zero-order valence-corrected chi connectivity index (χ0v) is 7.01. The Balaban J connectivity index is 3.34. The van der Waals surface area contributed by atoms with Gasteiger partial charge in [-0.05, 0) is 24.6 Å². The van der Waals surface area contributed by atoms with E-state index in [1.165, 1.54) is 6.07 Å². The second-order valence-corrected chi connectivity index (χ2v) is 2.87. The van der Waals surface area contributed by atoms with E-state index < -0.39 is 5.82 Å². The van der Waals surface area contributed by atoms with Gasteiger partial charge in [0.25, 0.3) is 0 Å². The van der Waals surface area contributed by atoms with Gasteiger partial charge in [-0.3, -0.25) is 0 Å². The van der Waals surface area contributed by atoms with E-state index in [0.29, 0.717) is 10.5 Å². The predicted molar refractivity (Wildman–Crippen MR) is 43.4 cm³/mol. The molecule has 0 saturated carbocycles. The summed E-state index contributed by atoms with van der Waals surface area (Å²) in [6.07, 6.45) is 0. The van der Waals surface area contributed by atoms with Crippen LogP contribution in [0.25, 0.3) is 0 Å². The van der Waals surface area contributed by atoms with Gasteiger partial charge in [0.2, 0.25) is 0 Å². The molecule has 0 aliphatic rings. The smallest absolute Gasteiger partial charge is 0.142 e. The van der Waals surface area contributed by atoms with Crippen molar-refractivity contribution < 1.29 is 4.39 Å². The zero-order valence-electron chi connectivity index (χ0n) is 5.36. The van der Waals surface area contributed by atoms with Crippen LogP contribution in [0.2, 0.25) is 5.02 Å². The number of benzene rings is 1. The van der Waals surface area contributed by atoms with Crippen molar-refractivity contribution in [3.05, 3.63) is 28.5 Å². The van der Waals surface area contributed by atoms with Crippen LogP contribution in [0.3, 0.4) is 0 Å². The molecule has 0 saturated heterocycles. The summed E-state index contributed by atoms with van der Waals surface area (Å²) in [4.78, 5) is 0.714. The van der Waals surface area contributed by atoms with Crippen molar-refractivity contribution in [1.29, 1.82) is 0 Å². The lowest BCUT2D eigenvalue weighted by Gasteiger charge is -2.00. The molecule has 0 aromatic heterocycles. The van der Waals surface area contributed by atoms with Gasteiger partial charge >= 0.3 is 0 Å². The summed E-state index contributed by atoms with van der Waals surface area (Å²) in [6.45, 7) is 1.73. The maximum absolute atomic E-state index is 12.6. The first kappa shape index (κ1) is 7.89. The maximum atomic E-state index is 12.6. The highest BCUT2D eigenvalue weighted by Crippen LogP contribution is 2.24. The van der Waals surface area contributed by atoms with Gasteiger partial charge in [-0.15, -0.1) is 12.6 Å². The molecule has 1 aromatic carbocycles. The first-order chi connectivity index (χ1) is 4.63. The van der Waals surface area contributed by atoms with Gasteiger partial charge in [-0.2, -0.15) is 0 Å². The van der Waals surface area contributed by atoms with Crippen molar-refractivity contribution in [3.8, 4) is 0 Å². The van der Waals surface area contributed by atoms with Crippen LogP contribution in [0.4, 0.5) is 4.39 Å². The summed E-state index contributed by atoms with van der Waals surface area (Å²) < 4.78 is 12.6. The SMILES string of the molecule is Cc1c(S)ccc(F)c1Cl. The first-order valence-electron chi connectivity index (χ1n) is 2.76. The van der Waals surface area contributed by atoms with Crippen molar-refractivity contribution in [2.24, 2.45) is 0 Å². The molecule has 0 spiro atoms. The van der Waals surface area contributed by atoms with E-state index in [4.69, 9.17) is 11.6 Å². The average molecular weight is 177 g/mol. The van der Waals surface area contributed by atoms with E-state index in [0.717, 1.165) is 0 Å². The van der Waals surface area contributed by atoms with Crippen LogP contribution in [-0.2, 0) is 0 Å². The fraction of sp³-hybridized carbons (Fsp3) is 0.143. The van der Waals surface area contributed by atoms with E-state index in [1.54, 1.807) is 13.0 Å². The predicted octanol–water partition coefficient (Wildman–Crippen LogP) is 3.08. The summed E-state index contributed by atoms with van der Waals surface area (Å²) in [5.41, 5.74) is 0.685. The highest BCUT2D eigenvalue weighted by molar-refractivity contribution is 7.80. The Morgan fingerprint density at radius 2 is 2.10 bits per heavy atom. The Hall–Kier alpha value is -0.210. The van der Waals surface area contributed by atoms with Gasteiger partial charge < -0.3 is 0 Å². The Kier molecular flexibility index (Phi) is 2.21. The van der Waals surface area contributed by atoms with Crippen LogP contribution in [0, 0.1) is 12.7 Å². The molecule has 0 bridgehead atoms. The number of halogens is 2. The lowest BCUT2D eigenvalue weighted by molar-refractivity contribution is 0.625. The Labute approximate surface area is 69.4 Å². The summed E-state index contributed by atoms with van der Waals surface area (Å²) in [7, 11) is 0. The number of thiol groups is 1. The third-order valence-corrected chi connectivity index (χ3v) is 2.26. The molecule has 10 heavy (non-hydrogen) atoms. The summed E-state index contributed by atoms with van der Waals surface area (Å²) >= 11 is 9.62. The monoisotopic (exact) mass is 176 g/mol. The van der Waals surface area contributed by atoms with Crippen molar-refractivity contribution in [2.45, 2.75) is 11.8 Å². The minimum absolute atomic E-state index is 0.160. The molecule has 54 valence electrons. The van der Waals surface area contributed by atoms with Gasteiger partial charge in [0, 0.05) is 4.90 Å². The van der Waals surface area contributed by atoms with Gasteiger partial charge in [0.15, 0.2) is 0 Å². The van der Waals surface area contributed by atoms with Gasteiger partial charge in [0.05, 0.1) is 5.02 Å². The minimum Gasteiger partial charge on any atom is -0.205 e. The standard InChI is InChI=1S/C7H6ClFS/c1-4-6(10)3-2-5(9)7(4)8/h2-3,10H,1H3. The molecule has 1 rings (SSSR count). The largest absolute Gasteiger partial charge is 0.205 e. The Bertz CT molecular complexity index is 233. The van der Waals surface area contributed by atoms with E-state index in [1.807, 2.05) is 0 Å². The first-order valence-corrected chi connectivity index (χ1v) is 3.59. The molecule has 0 aliphatic heterocycles. The molecule has 0 fully saturated rings. The summed E-state index contributed by atoms with van der Waals surface area (Å²) in [6, 6.07) is 2.89. The van der Waals surface area contributed by atoms with Crippen molar-refractivity contribution in [2.75, 3.05) is 0 Å². The van der Waals surface area contributed by atoms with Crippen LogP contribution in [-0.4, -0.2) is 0 Å². The van der Waals surface area contributed by atoms with E-state index in [9.17, 15) is 4.39 Å². The zero-order chi connectivity index (χ0) is 7.72. The molecule has 0 atom stereocenters. The number of rotatable bonds is 0. The maximum Gasteiger partial charge on any atom is 0.142 e. The third-order valence-electron chi connectivity index (χ3n) is 1.31. The van der Waals surface area contributed by atoms with E-state index in [2.05, 4.69) is 12.6 Å². The molecule has 0 nitrogen and oxygen atoms in total. The lowest BCUT2D eigenvalue weighted by Crippen LogP contribution is -1.82. The number of hydrogen-bond donors (Lipinski definition) is 1. The average Bonchev–Trinajstić information content (AvgIpc) is 1.93. The normalized spacial score (nSPS) is 10.0. The molecule has 3 heteroatoms. The molecular formula is C7H6ClFS. The van der Waals surface area contributed by atoms with Crippen LogP contribution in [0.5, 0.6) is 0 Å². The fourth-order valence-electron chi connectivity index (χ4n) is 0.642. The minimum atomic E-state index is -0.392. The van der Waals surface area contributed by atoms with Crippen molar-refractivity contribution in [3.63, 3.8) is 0 Å². The van der Waals surface area contributed by atoms with Crippen LogP contribution >= 0.6 is 24.2 Å². The quantitative estimate of drug-likeness (QED) is 0.577. The van der Waals surface area contributed by atoms with Crippen molar-refractivity contribution >= 4 is 24.2 Å². The Morgan fingerprint density at radius 1 is 1.50 bits per heavy atom. The summed E-state index contributed by atoms with van der Waals surface area (Å²) in [5, 5.41) is 0.160. The number of hydrogen-bond acceptors (Lipinski definition) is 1. The molecule has 0 aliphatic carbocycles. The molecular weight excluding hydrogens is 171 g/mol. The molecule has 0 heterocycles. The van der Waals surface area contributed by atoms with Crippen LogP contribution in [0.15, 0.2) is 17.0 Å². The fourth-order valence-corrected chi connectivity index (χ4v) is 1.06. The molecule has 1 aromatic rings. The van der Waals surface area contributed by atoms with E-state index in [-0.39, 0.29) is 5.02 Å². The van der Waals surface area contributed by atoms with Crippen LogP contribution < -0.4 is 0 Å². The second-order valence-electron chi connectivity index (χ2n) is 2.01. The van der Waals surface area contributed by atoms with Crippen LogP contribution in [0.1, 0.15) is 5.56 Å².